The van der Waals surface area contributed by atoms with E-state index in [9.17, 15) is 15.2 Å². The highest BCUT2D eigenvalue weighted by Crippen LogP contribution is 2.45. The van der Waals surface area contributed by atoms with Gasteiger partial charge in [-0.15, -0.1) is 21.5 Å². The molecular weight excluding hydrogens is 472 g/mol. The van der Waals surface area contributed by atoms with Gasteiger partial charge < -0.3 is 15.6 Å². The number of nitrogens with zero attached hydrogens (tertiary/aromatic N) is 4. The number of hydrogen-bond donors (Lipinski definition) is 3. The standard InChI is InChI=1S/C23H16N6O3S2/c24-11-15-18(12-6-8-14(30)9-7-12)19-22(32-20(15)25)26-16(33-19)10-17-28-29-23(34-17)27-21(31)13-4-2-1-3-5-13/h1-9,18,30H,10,25H2,(H,27,29,31). The Labute approximate surface area is 201 Å². The van der Waals surface area contributed by atoms with Gasteiger partial charge in [-0.3, -0.25) is 10.1 Å². The second-order valence-electron chi connectivity index (χ2n) is 7.29. The van der Waals surface area contributed by atoms with Crippen LogP contribution in [0.5, 0.6) is 11.6 Å². The molecule has 5 rings (SSSR count). The summed E-state index contributed by atoms with van der Waals surface area (Å²) in [5.74, 6) is -0.231. The summed E-state index contributed by atoms with van der Waals surface area (Å²) in [6, 6.07) is 17.6. The molecule has 3 heterocycles. The van der Waals surface area contributed by atoms with Crippen LogP contribution < -0.4 is 15.8 Å². The lowest BCUT2D eigenvalue weighted by atomic mass is 9.89. The third kappa shape index (κ3) is 4.19. The van der Waals surface area contributed by atoms with Crippen molar-refractivity contribution in [1.29, 1.82) is 5.26 Å². The van der Waals surface area contributed by atoms with Crippen molar-refractivity contribution in [3.05, 3.63) is 92.1 Å². The van der Waals surface area contributed by atoms with Crippen molar-refractivity contribution in [3.63, 3.8) is 0 Å². The number of rotatable bonds is 5. The van der Waals surface area contributed by atoms with Crippen molar-refractivity contribution < 1.29 is 14.6 Å². The van der Waals surface area contributed by atoms with E-state index in [0.717, 1.165) is 10.4 Å². The van der Waals surface area contributed by atoms with Crippen molar-refractivity contribution in [2.24, 2.45) is 5.73 Å². The third-order valence-electron chi connectivity index (χ3n) is 5.06. The van der Waals surface area contributed by atoms with Gasteiger partial charge in [0.25, 0.3) is 5.91 Å². The molecule has 34 heavy (non-hydrogen) atoms. The van der Waals surface area contributed by atoms with Gasteiger partial charge in [-0.2, -0.15) is 5.26 Å². The topological polar surface area (TPSA) is 147 Å². The fourth-order valence-electron chi connectivity index (χ4n) is 3.49. The molecule has 2 aromatic heterocycles. The smallest absolute Gasteiger partial charge is 0.257 e. The molecule has 11 heteroatoms. The largest absolute Gasteiger partial charge is 0.508 e. The number of anilines is 1. The van der Waals surface area contributed by atoms with Crippen LogP contribution in [0.1, 0.15) is 36.7 Å². The number of phenolic OH excluding ortho intramolecular Hbond substituents is 1. The van der Waals surface area contributed by atoms with E-state index in [1.165, 1.54) is 22.7 Å². The van der Waals surface area contributed by atoms with Gasteiger partial charge in [0.05, 0.1) is 17.2 Å². The molecule has 1 aliphatic rings. The molecule has 0 bridgehead atoms. The Bertz CT molecular complexity index is 1440. The van der Waals surface area contributed by atoms with Crippen LogP contribution in [0.4, 0.5) is 5.13 Å². The lowest BCUT2D eigenvalue weighted by molar-refractivity contribution is 0.102. The van der Waals surface area contributed by atoms with Crippen LogP contribution in [-0.4, -0.2) is 26.2 Å². The van der Waals surface area contributed by atoms with E-state index in [1.54, 1.807) is 48.5 Å². The Morgan fingerprint density at radius 2 is 1.88 bits per heavy atom. The number of phenols is 1. The number of hydrogen-bond acceptors (Lipinski definition) is 10. The zero-order valence-electron chi connectivity index (χ0n) is 17.4. The maximum absolute atomic E-state index is 12.3. The molecule has 0 saturated heterocycles. The maximum atomic E-state index is 12.3. The van der Waals surface area contributed by atoms with E-state index in [4.69, 9.17) is 10.5 Å². The molecule has 2 aromatic carbocycles. The molecule has 0 saturated carbocycles. The summed E-state index contributed by atoms with van der Waals surface area (Å²) < 4.78 is 5.63. The number of allylic oxidation sites excluding steroid dienone is 1. The molecule has 0 spiro atoms. The van der Waals surface area contributed by atoms with Gasteiger partial charge in [-0.25, -0.2) is 4.98 Å². The molecule has 0 radical (unpaired) electrons. The Morgan fingerprint density at radius 3 is 2.62 bits per heavy atom. The van der Waals surface area contributed by atoms with Crippen molar-refractivity contribution >= 4 is 33.7 Å². The molecule has 4 N–H and O–H groups in total. The Kier molecular flexibility index (Phi) is 5.67. The lowest BCUT2D eigenvalue weighted by Gasteiger charge is -2.22. The number of benzene rings is 2. The summed E-state index contributed by atoms with van der Waals surface area (Å²) in [4.78, 5) is 17.6. The van der Waals surface area contributed by atoms with Gasteiger partial charge in [-0.1, -0.05) is 41.7 Å². The van der Waals surface area contributed by atoms with Gasteiger partial charge in [0, 0.05) is 5.56 Å². The molecule has 168 valence electrons. The molecule has 1 aliphatic heterocycles. The summed E-state index contributed by atoms with van der Waals surface area (Å²) >= 11 is 2.65. The predicted molar refractivity (Wildman–Crippen MR) is 127 cm³/mol. The van der Waals surface area contributed by atoms with Gasteiger partial charge in [0.1, 0.15) is 27.4 Å². The van der Waals surface area contributed by atoms with E-state index in [1.807, 2.05) is 6.07 Å². The van der Waals surface area contributed by atoms with Gasteiger partial charge >= 0.3 is 0 Å². The highest BCUT2D eigenvalue weighted by molar-refractivity contribution is 7.16. The first-order valence-corrected chi connectivity index (χ1v) is 11.7. The highest BCUT2D eigenvalue weighted by atomic mass is 32.1. The van der Waals surface area contributed by atoms with Gasteiger partial charge in [0.2, 0.25) is 16.9 Å². The zero-order valence-corrected chi connectivity index (χ0v) is 19.1. The molecule has 0 aliphatic carbocycles. The molecule has 0 fully saturated rings. The number of nitriles is 1. The average Bonchev–Trinajstić information content (AvgIpc) is 3.45. The van der Waals surface area contributed by atoms with Crippen molar-refractivity contribution in [2.75, 3.05) is 5.32 Å². The van der Waals surface area contributed by atoms with E-state index in [2.05, 4.69) is 26.6 Å². The molecule has 1 unspecified atom stereocenters. The number of ether oxygens (including phenoxy) is 1. The minimum Gasteiger partial charge on any atom is -0.508 e. The average molecular weight is 489 g/mol. The molecule has 1 atom stereocenters. The summed E-state index contributed by atoms with van der Waals surface area (Å²) in [6.07, 6.45) is 0.379. The zero-order chi connectivity index (χ0) is 23.7. The fourth-order valence-corrected chi connectivity index (χ4v) is 5.46. The van der Waals surface area contributed by atoms with Crippen LogP contribution in [0.15, 0.2) is 66.1 Å². The number of aromatic hydroxyl groups is 1. The molecule has 9 nitrogen and oxygen atoms in total. The first-order chi connectivity index (χ1) is 16.5. The van der Waals surface area contributed by atoms with Crippen LogP contribution in [0.25, 0.3) is 0 Å². The first-order valence-electron chi connectivity index (χ1n) is 10.1. The van der Waals surface area contributed by atoms with E-state index in [-0.39, 0.29) is 23.1 Å². The monoisotopic (exact) mass is 488 g/mol. The second-order valence-corrected chi connectivity index (χ2v) is 9.47. The number of nitrogens with one attached hydrogen (secondary N) is 1. The Hall–Kier alpha value is -4.27. The number of thiazole rings is 1. The summed E-state index contributed by atoms with van der Waals surface area (Å²) in [5, 5.41) is 32.1. The summed E-state index contributed by atoms with van der Waals surface area (Å²) in [6.45, 7) is 0. The van der Waals surface area contributed by atoms with Crippen LogP contribution in [-0.2, 0) is 6.42 Å². The maximum Gasteiger partial charge on any atom is 0.257 e. The van der Waals surface area contributed by atoms with E-state index < -0.39 is 5.92 Å². The fraction of sp³-hybridized carbons (Fsp3) is 0.0870. The van der Waals surface area contributed by atoms with Gasteiger partial charge in [-0.05, 0) is 29.8 Å². The number of amides is 1. The van der Waals surface area contributed by atoms with Crippen molar-refractivity contribution in [3.8, 4) is 17.7 Å². The van der Waals surface area contributed by atoms with Crippen LogP contribution in [0.2, 0.25) is 0 Å². The number of carbonyl (C=O) groups is 1. The Balaban J connectivity index is 1.38. The molecule has 1 amide bonds. The number of carbonyl (C=O) groups excluding carboxylic acids is 1. The van der Waals surface area contributed by atoms with E-state index >= 15 is 0 Å². The SMILES string of the molecule is N#CC1=C(N)Oc2nc(Cc3nnc(NC(=O)c4ccccc4)s3)sc2C1c1ccc(O)cc1. The second kappa shape index (κ2) is 8.93. The predicted octanol–water partition coefficient (Wildman–Crippen LogP) is 3.76. The summed E-state index contributed by atoms with van der Waals surface area (Å²) in [5.41, 5.74) is 7.62. The van der Waals surface area contributed by atoms with Crippen LogP contribution >= 0.6 is 22.7 Å². The highest BCUT2D eigenvalue weighted by Gasteiger charge is 2.34. The number of fused-ring (bicyclic) bond motifs is 1. The number of nitrogens with two attached hydrogens (primary N) is 1. The normalized spacial score (nSPS) is 14.7. The minimum atomic E-state index is -0.448. The van der Waals surface area contributed by atoms with Crippen LogP contribution in [0, 0.1) is 11.3 Å². The number of aromatic nitrogens is 3. The van der Waals surface area contributed by atoms with E-state index in [0.29, 0.717) is 33.0 Å². The van der Waals surface area contributed by atoms with Crippen molar-refractivity contribution in [1.82, 2.24) is 15.2 Å². The first kappa shape index (κ1) is 21.6. The minimum absolute atomic E-state index is 0.00625. The quantitative estimate of drug-likeness (QED) is 0.385. The Morgan fingerprint density at radius 1 is 1.12 bits per heavy atom. The lowest BCUT2D eigenvalue weighted by Crippen LogP contribution is -2.20. The van der Waals surface area contributed by atoms with Crippen molar-refractivity contribution in [2.45, 2.75) is 12.3 Å². The van der Waals surface area contributed by atoms with Crippen LogP contribution in [0.3, 0.4) is 0 Å². The van der Waals surface area contributed by atoms with Gasteiger partial charge in [0.15, 0.2) is 0 Å². The molecular formula is C23H16N6O3S2. The third-order valence-corrected chi connectivity index (χ3v) is 7.00. The summed E-state index contributed by atoms with van der Waals surface area (Å²) in [7, 11) is 0. The molecule has 4 aromatic rings.